The van der Waals surface area contributed by atoms with E-state index in [1.807, 2.05) is 11.6 Å². The van der Waals surface area contributed by atoms with Crippen LogP contribution in [0.3, 0.4) is 0 Å². The van der Waals surface area contributed by atoms with Crippen molar-refractivity contribution >= 4 is 0 Å². The normalized spacial score (nSPS) is 33.9. The average molecular weight is 180 g/mol. The van der Waals surface area contributed by atoms with E-state index < -0.39 is 5.60 Å². The number of imidazole rings is 1. The molecule has 1 heterocycles. The fraction of sp³-hybridized carbons (Fsp3) is 0.700. The number of hydrogen-bond donors (Lipinski definition) is 1. The second kappa shape index (κ2) is 2.84. The first-order valence-electron chi connectivity index (χ1n) is 4.84. The van der Waals surface area contributed by atoms with E-state index in [-0.39, 0.29) is 0 Å². The van der Waals surface area contributed by atoms with Gasteiger partial charge in [-0.3, -0.25) is 0 Å². The monoisotopic (exact) mass is 180 g/mol. The lowest BCUT2D eigenvalue weighted by atomic mass is 9.89. The Hall–Kier alpha value is -0.830. The number of nitrogens with zero attached hydrogens (tertiary/aromatic N) is 2. The minimum Gasteiger partial charge on any atom is -0.383 e. The third kappa shape index (κ3) is 1.18. The Kier molecular flexibility index (Phi) is 1.91. The van der Waals surface area contributed by atoms with Gasteiger partial charge in [0.2, 0.25) is 0 Å². The number of hydrogen-bond acceptors (Lipinski definition) is 2. The summed E-state index contributed by atoms with van der Waals surface area (Å²) >= 11 is 0. The second-order valence-electron chi connectivity index (χ2n) is 4.11. The summed E-state index contributed by atoms with van der Waals surface area (Å²) in [6, 6.07) is 0. The van der Waals surface area contributed by atoms with E-state index in [2.05, 4.69) is 11.9 Å². The van der Waals surface area contributed by atoms with Gasteiger partial charge in [-0.15, -0.1) is 0 Å². The van der Waals surface area contributed by atoms with Gasteiger partial charge in [-0.05, 0) is 25.2 Å². The maximum absolute atomic E-state index is 10.4. The molecular formula is C10H16N2O. The van der Waals surface area contributed by atoms with E-state index in [0.717, 1.165) is 25.0 Å². The van der Waals surface area contributed by atoms with Gasteiger partial charge in [0, 0.05) is 7.05 Å². The lowest BCUT2D eigenvalue weighted by Crippen LogP contribution is -2.30. The summed E-state index contributed by atoms with van der Waals surface area (Å²) < 4.78 is 1.92. The molecule has 1 fully saturated rings. The number of aryl methyl sites for hydroxylation is 1. The van der Waals surface area contributed by atoms with Crippen LogP contribution in [0.2, 0.25) is 0 Å². The van der Waals surface area contributed by atoms with Crippen molar-refractivity contribution in [3.63, 3.8) is 0 Å². The Morgan fingerprint density at radius 1 is 1.69 bits per heavy atom. The van der Waals surface area contributed by atoms with Crippen LogP contribution < -0.4 is 0 Å². The molecule has 2 rings (SSSR count). The summed E-state index contributed by atoms with van der Waals surface area (Å²) in [5, 5.41) is 10.4. The van der Waals surface area contributed by atoms with Crippen molar-refractivity contribution in [2.45, 2.75) is 31.8 Å². The van der Waals surface area contributed by atoms with Crippen LogP contribution >= 0.6 is 0 Å². The molecule has 0 aliphatic heterocycles. The molecule has 1 N–H and O–H groups in total. The SMILES string of the molecule is CC1CCCC1(O)c1cncn1C. The van der Waals surface area contributed by atoms with E-state index in [4.69, 9.17) is 0 Å². The Morgan fingerprint density at radius 3 is 2.92 bits per heavy atom. The first-order chi connectivity index (χ1) is 6.14. The fourth-order valence-corrected chi connectivity index (χ4v) is 2.32. The molecular weight excluding hydrogens is 164 g/mol. The van der Waals surface area contributed by atoms with Crippen molar-refractivity contribution in [1.29, 1.82) is 0 Å². The zero-order valence-corrected chi connectivity index (χ0v) is 8.20. The van der Waals surface area contributed by atoms with Crippen LogP contribution in [0.4, 0.5) is 0 Å². The molecule has 72 valence electrons. The predicted molar refractivity (Wildman–Crippen MR) is 50.1 cm³/mol. The molecule has 3 nitrogen and oxygen atoms in total. The van der Waals surface area contributed by atoms with E-state index >= 15 is 0 Å². The van der Waals surface area contributed by atoms with Crippen molar-refractivity contribution in [1.82, 2.24) is 9.55 Å². The van der Waals surface area contributed by atoms with Gasteiger partial charge in [-0.2, -0.15) is 0 Å². The van der Waals surface area contributed by atoms with Gasteiger partial charge in [-0.1, -0.05) is 6.92 Å². The first kappa shape index (κ1) is 8.75. The Morgan fingerprint density at radius 2 is 2.46 bits per heavy atom. The maximum Gasteiger partial charge on any atom is 0.109 e. The highest BCUT2D eigenvalue weighted by molar-refractivity contribution is 5.13. The van der Waals surface area contributed by atoms with Crippen molar-refractivity contribution in [3.05, 3.63) is 18.2 Å². The van der Waals surface area contributed by atoms with Crippen molar-refractivity contribution in [3.8, 4) is 0 Å². The average Bonchev–Trinajstić information content (AvgIpc) is 2.62. The number of aliphatic hydroxyl groups is 1. The van der Waals surface area contributed by atoms with Crippen LogP contribution in [0.15, 0.2) is 12.5 Å². The summed E-state index contributed by atoms with van der Waals surface area (Å²) in [5.74, 6) is 0.350. The molecule has 1 aliphatic rings. The maximum atomic E-state index is 10.4. The fourth-order valence-electron chi connectivity index (χ4n) is 2.32. The molecule has 0 saturated heterocycles. The highest BCUT2D eigenvalue weighted by atomic mass is 16.3. The zero-order chi connectivity index (χ0) is 9.47. The highest BCUT2D eigenvalue weighted by Gasteiger charge is 2.41. The lowest BCUT2D eigenvalue weighted by molar-refractivity contribution is -0.00228. The van der Waals surface area contributed by atoms with E-state index in [1.54, 1.807) is 12.5 Å². The molecule has 0 bridgehead atoms. The molecule has 1 aromatic heterocycles. The number of aromatic nitrogens is 2. The lowest BCUT2D eigenvalue weighted by Gasteiger charge is -2.27. The van der Waals surface area contributed by atoms with Crippen LogP contribution in [-0.2, 0) is 12.6 Å². The van der Waals surface area contributed by atoms with Crippen molar-refractivity contribution < 1.29 is 5.11 Å². The molecule has 0 amide bonds. The van der Waals surface area contributed by atoms with Crippen molar-refractivity contribution in [2.24, 2.45) is 13.0 Å². The summed E-state index contributed by atoms with van der Waals surface area (Å²) in [5.41, 5.74) is 0.322. The molecule has 1 aliphatic carbocycles. The minimum absolute atomic E-state index is 0.350. The van der Waals surface area contributed by atoms with Crippen LogP contribution in [-0.4, -0.2) is 14.7 Å². The summed E-state index contributed by atoms with van der Waals surface area (Å²) in [6.07, 6.45) is 6.62. The summed E-state index contributed by atoms with van der Waals surface area (Å²) in [7, 11) is 1.94. The van der Waals surface area contributed by atoms with E-state index in [0.29, 0.717) is 5.92 Å². The summed E-state index contributed by atoms with van der Waals surface area (Å²) in [4.78, 5) is 4.05. The minimum atomic E-state index is -0.634. The molecule has 0 spiro atoms. The zero-order valence-electron chi connectivity index (χ0n) is 8.20. The largest absolute Gasteiger partial charge is 0.383 e. The predicted octanol–water partition coefficient (Wildman–Crippen LogP) is 1.43. The van der Waals surface area contributed by atoms with Crippen LogP contribution in [0.5, 0.6) is 0 Å². The van der Waals surface area contributed by atoms with Gasteiger partial charge >= 0.3 is 0 Å². The third-order valence-electron chi connectivity index (χ3n) is 3.27. The van der Waals surface area contributed by atoms with Gasteiger partial charge in [-0.25, -0.2) is 4.98 Å². The van der Waals surface area contributed by atoms with Gasteiger partial charge in [0.05, 0.1) is 18.2 Å². The molecule has 0 aromatic carbocycles. The molecule has 0 radical (unpaired) electrons. The summed E-state index contributed by atoms with van der Waals surface area (Å²) in [6.45, 7) is 2.11. The smallest absolute Gasteiger partial charge is 0.109 e. The molecule has 1 saturated carbocycles. The van der Waals surface area contributed by atoms with E-state index in [9.17, 15) is 5.11 Å². The molecule has 1 aromatic rings. The van der Waals surface area contributed by atoms with Crippen LogP contribution in [0, 0.1) is 5.92 Å². The Balaban J connectivity index is 2.39. The van der Waals surface area contributed by atoms with Gasteiger partial charge in [0.15, 0.2) is 0 Å². The molecule has 2 atom stereocenters. The second-order valence-corrected chi connectivity index (χ2v) is 4.11. The molecule has 3 heteroatoms. The van der Waals surface area contributed by atoms with Crippen molar-refractivity contribution in [2.75, 3.05) is 0 Å². The number of rotatable bonds is 1. The van der Waals surface area contributed by atoms with Gasteiger partial charge in [0.25, 0.3) is 0 Å². The van der Waals surface area contributed by atoms with Crippen LogP contribution in [0.1, 0.15) is 31.9 Å². The first-order valence-corrected chi connectivity index (χ1v) is 4.84. The van der Waals surface area contributed by atoms with E-state index in [1.165, 1.54) is 0 Å². The Labute approximate surface area is 78.4 Å². The van der Waals surface area contributed by atoms with Gasteiger partial charge < -0.3 is 9.67 Å². The molecule has 2 unspecified atom stereocenters. The van der Waals surface area contributed by atoms with Crippen LogP contribution in [0.25, 0.3) is 0 Å². The topological polar surface area (TPSA) is 38.1 Å². The standard InChI is InChI=1S/C10H16N2O/c1-8-4-3-5-10(8,13)9-6-11-7-12(9)2/h6-8,13H,3-5H2,1-2H3. The highest BCUT2D eigenvalue weighted by Crippen LogP contribution is 2.42. The van der Waals surface area contributed by atoms with Gasteiger partial charge in [0.1, 0.15) is 5.60 Å². The molecule has 13 heavy (non-hydrogen) atoms. The Bertz CT molecular complexity index is 308. The third-order valence-corrected chi connectivity index (χ3v) is 3.27. The quantitative estimate of drug-likeness (QED) is 0.710.